The van der Waals surface area contributed by atoms with Gasteiger partial charge in [-0.05, 0) is 48.7 Å². The van der Waals surface area contributed by atoms with Gasteiger partial charge in [-0.1, -0.05) is 24.3 Å². The number of carbonyl (C=O) groups excluding carboxylic acids is 1. The van der Waals surface area contributed by atoms with Gasteiger partial charge < -0.3 is 4.90 Å². The van der Waals surface area contributed by atoms with Crippen molar-refractivity contribution in [3.05, 3.63) is 70.8 Å². The summed E-state index contributed by atoms with van der Waals surface area (Å²) in [4.78, 5) is 14.6. The Morgan fingerprint density at radius 3 is 2.62 bits per heavy atom. The van der Waals surface area contributed by atoms with E-state index in [9.17, 15) is 4.79 Å². The minimum atomic E-state index is 0.0607. The molecule has 1 fully saturated rings. The second-order valence-corrected chi connectivity index (χ2v) is 7.30. The predicted molar refractivity (Wildman–Crippen MR) is 98.1 cm³/mol. The van der Waals surface area contributed by atoms with E-state index in [1.807, 2.05) is 16.7 Å². The maximum Gasteiger partial charge on any atom is 0.253 e. The number of amides is 1. The van der Waals surface area contributed by atoms with Crippen LogP contribution < -0.4 is 0 Å². The summed E-state index contributed by atoms with van der Waals surface area (Å²) in [7, 11) is 0. The zero-order chi connectivity index (χ0) is 16.9. The molecule has 2 aromatic carbocycles. The minimum Gasteiger partial charge on any atom is -0.338 e. The van der Waals surface area contributed by atoms with E-state index in [0.717, 1.165) is 25.3 Å². The van der Waals surface area contributed by atoms with E-state index in [4.69, 9.17) is 5.26 Å². The van der Waals surface area contributed by atoms with Crippen LogP contribution in [0.5, 0.6) is 0 Å². The normalized spacial score (nSPS) is 17.8. The Morgan fingerprint density at radius 1 is 1.17 bits per heavy atom. The topological polar surface area (TPSA) is 44.1 Å². The molecule has 2 aromatic rings. The van der Waals surface area contributed by atoms with Gasteiger partial charge >= 0.3 is 0 Å². The number of benzene rings is 2. The van der Waals surface area contributed by atoms with Gasteiger partial charge in [0.05, 0.1) is 11.6 Å². The average Bonchev–Trinajstić information content (AvgIpc) is 2.88. The second-order valence-electron chi connectivity index (χ2n) is 5.99. The van der Waals surface area contributed by atoms with Crippen LogP contribution in [-0.2, 0) is 0 Å². The molecule has 1 atom stereocenters. The lowest BCUT2D eigenvalue weighted by atomic mass is 10.0. The van der Waals surface area contributed by atoms with Crippen LogP contribution in [0.1, 0.15) is 38.7 Å². The number of hydrogen-bond donors (Lipinski definition) is 0. The molecule has 3 rings (SSSR count). The number of aryl methyl sites for hydroxylation is 1. The molecule has 0 aromatic heterocycles. The van der Waals surface area contributed by atoms with E-state index in [-0.39, 0.29) is 5.91 Å². The number of carbonyl (C=O) groups is 1. The quantitative estimate of drug-likeness (QED) is 0.826. The summed E-state index contributed by atoms with van der Waals surface area (Å²) in [5.41, 5.74) is 3.95. The first kappa shape index (κ1) is 16.6. The second kappa shape index (κ2) is 7.55. The summed E-state index contributed by atoms with van der Waals surface area (Å²) < 4.78 is 0. The molecule has 1 aliphatic heterocycles. The van der Waals surface area contributed by atoms with Crippen molar-refractivity contribution in [2.24, 2.45) is 0 Å². The molecule has 1 saturated heterocycles. The molecule has 1 heterocycles. The van der Waals surface area contributed by atoms with Gasteiger partial charge in [0, 0.05) is 29.7 Å². The molecule has 0 aliphatic carbocycles. The van der Waals surface area contributed by atoms with Crippen molar-refractivity contribution >= 4 is 17.7 Å². The average molecular weight is 336 g/mol. The van der Waals surface area contributed by atoms with Crippen molar-refractivity contribution in [3.63, 3.8) is 0 Å². The molecular weight excluding hydrogens is 316 g/mol. The van der Waals surface area contributed by atoms with Gasteiger partial charge in [0.25, 0.3) is 5.91 Å². The highest BCUT2D eigenvalue weighted by Crippen LogP contribution is 2.36. The smallest absolute Gasteiger partial charge is 0.253 e. The fourth-order valence-corrected chi connectivity index (χ4v) is 4.37. The third-order valence-corrected chi connectivity index (χ3v) is 5.74. The summed E-state index contributed by atoms with van der Waals surface area (Å²) >= 11 is 1.94. The van der Waals surface area contributed by atoms with Crippen LogP contribution in [-0.4, -0.2) is 29.6 Å². The van der Waals surface area contributed by atoms with E-state index >= 15 is 0 Å². The van der Waals surface area contributed by atoms with Gasteiger partial charge in [-0.2, -0.15) is 17.0 Å². The summed E-state index contributed by atoms with van der Waals surface area (Å²) in [6.07, 6.45) is 0.970. The van der Waals surface area contributed by atoms with Gasteiger partial charge in [0.15, 0.2) is 0 Å². The Bertz CT molecular complexity index is 764. The zero-order valence-corrected chi connectivity index (χ0v) is 14.6. The molecule has 4 heteroatoms. The number of nitriles is 1. The minimum absolute atomic E-state index is 0.0607. The summed E-state index contributed by atoms with van der Waals surface area (Å²) in [5.74, 6) is 1.01. The fraction of sp³-hybridized carbons (Fsp3) is 0.300. The summed E-state index contributed by atoms with van der Waals surface area (Å²) in [6, 6.07) is 17.5. The number of hydrogen-bond acceptors (Lipinski definition) is 3. The molecule has 122 valence electrons. The van der Waals surface area contributed by atoms with Crippen LogP contribution in [0.4, 0.5) is 0 Å². The highest BCUT2D eigenvalue weighted by atomic mass is 32.2. The molecule has 0 saturated carbocycles. The van der Waals surface area contributed by atoms with E-state index in [1.54, 1.807) is 24.3 Å². The molecule has 0 spiro atoms. The van der Waals surface area contributed by atoms with E-state index < -0.39 is 0 Å². The van der Waals surface area contributed by atoms with Gasteiger partial charge in [-0.25, -0.2) is 0 Å². The van der Waals surface area contributed by atoms with E-state index in [2.05, 4.69) is 37.3 Å². The standard InChI is InChI=1S/C20H20N2OS/c1-15-4-2-3-5-18(15)19-10-11-22(12-13-24-19)20(23)17-8-6-16(14-21)7-9-17/h2-9,19H,10-13H2,1H3. The van der Waals surface area contributed by atoms with Crippen molar-refractivity contribution < 1.29 is 4.79 Å². The van der Waals surface area contributed by atoms with Crippen LogP contribution in [0, 0.1) is 18.3 Å². The maximum absolute atomic E-state index is 12.7. The first-order chi connectivity index (χ1) is 11.7. The van der Waals surface area contributed by atoms with E-state index in [1.165, 1.54) is 11.1 Å². The SMILES string of the molecule is Cc1ccccc1C1CCN(C(=O)c2ccc(C#N)cc2)CCS1. The van der Waals surface area contributed by atoms with Gasteiger partial charge in [-0.15, -0.1) is 0 Å². The summed E-state index contributed by atoms with van der Waals surface area (Å²) in [5, 5.41) is 9.31. The molecule has 0 radical (unpaired) electrons. The van der Waals surface area contributed by atoms with Crippen LogP contribution in [0.2, 0.25) is 0 Å². The molecule has 1 unspecified atom stereocenters. The number of thioether (sulfide) groups is 1. The molecular formula is C20H20N2OS. The molecule has 0 bridgehead atoms. The van der Waals surface area contributed by atoms with Crippen molar-refractivity contribution in [3.8, 4) is 6.07 Å². The Hall–Kier alpha value is -2.25. The lowest BCUT2D eigenvalue weighted by Gasteiger charge is -2.20. The molecule has 1 aliphatic rings. The van der Waals surface area contributed by atoms with Crippen molar-refractivity contribution in [2.75, 3.05) is 18.8 Å². The highest BCUT2D eigenvalue weighted by Gasteiger charge is 2.23. The fourth-order valence-electron chi connectivity index (χ4n) is 3.04. The lowest BCUT2D eigenvalue weighted by Crippen LogP contribution is -2.32. The molecule has 3 nitrogen and oxygen atoms in total. The Balaban J connectivity index is 1.70. The maximum atomic E-state index is 12.7. The van der Waals surface area contributed by atoms with E-state index in [0.29, 0.717) is 16.4 Å². The lowest BCUT2D eigenvalue weighted by molar-refractivity contribution is 0.0766. The molecule has 0 N–H and O–H groups in total. The van der Waals surface area contributed by atoms with Crippen LogP contribution in [0.3, 0.4) is 0 Å². The van der Waals surface area contributed by atoms with Crippen LogP contribution in [0.25, 0.3) is 0 Å². The predicted octanol–water partition coefficient (Wildman–Crippen LogP) is 4.19. The monoisotopic (exact) mass is 336 g/mol. The molecule has 1 amide bonds. The zero-order valence-electron chi connectivity index (χ0n) is 13.7. The summed E-state index contributed by atoms with van der Waals surface area (Å²) in [6.45, 7) is 3.69. The van der Waals surface area contributed by atoms with Gasteiger partial charge in [0.1, 0.15) is 0 Å². The largest absolute Gasteiger partial charge is 0.338 e. The first-order valence-corrected chi connectivity index (χ1v) is 9.20. The van der Waals surface area contributed by atoms with Crippen molar-refractivity contribution in [2.45, 2.75) is 18.6 Å². The number of nitrogens with zero attached hydrogens (tertiary/aromatic N) is 2. The first-order valence-electron chi connectivity index (χ1n) is 8.15. The van der Waals surface area contributed by atoms with Gasteiger partial charge in [0.2, 0.25) is 0 Å². The Morgan fingerprint density at radius 2 is 1.92 bits per heavy atom. The van der Waals surface area contributed by atoms with Crippen molar-refractivity contribution in [1.82, 2.24) is 4.90 Å². The van der Waals surface area contributed by atoms with Crippen LogP contribution >= 0.6 is 11.8 Å². The highest BCUT2D eigenvalue weighted by molar-refractivity contribution is 7.99. The molecule has 24 heavy (non-hydrogen) atoms. The Kier molecular flexibility index (Phi) is 5.22. The third-order valence-electron chi connectivity index (χ3n) is 4.42. The number of rotatable bonds is 2. The Labute approximate surface area is 147 Å². The van der Waals surface area contributed by atoms with Crippen LogP contribution in [0.15, 0.2) is 48.5 Å². The van der Waals surface area contributed by atoms with Crippen molar-refractivity contribution in [1.29, 1.82) is 5.26 Å². The third kappa shape index (κ3) is 3.63. The van der Waals surface area contributed by atoms with Gasteiger partial charge in [-0.3, -0.25) is 4.79 Å².